The topological polar surface area (TPSA) is 56.1 Å². The molecular weight excluding hydrogens is 374 g/mol. The Kier molecular flexibility index (Phi) is 5.46. The highest BCUT2D eigenvalue weighted by Gasteiger charge is 2.35. The Hall–Kier alpha value is -2.63. The number of amides is 1. The Labute approximate surface area is 169 Å². The summed E-state index contributed by atoms with van der Waals surface area (Å²) in [5.41, 5.74) is 2.28. The average molecular weight is 396 g/mol. The van der Waals surface area contributed by atoms with Gasteiger partial charge in [0.2, 0.25) is 0 Å². The van der Waals surface area contributed by atoms with Crippen LogP contribution in [0, 0.1) is 0 Å². The van der Waals surface area contributed by atoms with Crippen LogP contribution < -0.4 is 5.32 Å². The van der Waals surface area contributed by atoms with Gasteiger partial charge in [-0.2, -0.15) is 5.10 Å². The van der Waals surface area contributed by atoms with E-state index in [1.54, 1.807) is 16.9 Å². The van der Waals surface area contributed by atoms with E-state index in [9.17, 15) is 4.79 Å². The third-order valence-corrected chi connectivity index (χ3v) is 5.55. The summed E-state index contributed by atoms with van der Waals surface area (Å²) in [5, 5.41) is 8.20. The van der Waals surface area contributed by atoms with Crippen LogP contribution >= 0.6 is 11.6 Å². The molecule has 0 spiro atoms. The molecule has 1 aliphatic rings. The molecule has 0 aliphatic carbocycles. The lowest BCUT2D eigenvalue weighted by Gasteiger charge is -2.38. The van der Waals surface area contributed by atoms with Crippen LogP contribution in [0.4, 0.5) is 0 Å². The Morgan fingerprint density at radius 3 is 2.64 bits per heavy atom. The summed E-state index contributed by atoms with van der Waals surface area (Å²) >= 11 is 6.21. The van der Waals surface area contributed by atoms with Crippen LogP contribution in [0.15, 0.2) is 66.9 Å². The van der Waals surface area contributed by atoms with Crippen LogP contribution in [-0.2, 0) is 10.2 Å². The van der Waals surface area contributed by atoms with Crippen LogP contribution in [0.25, 0.3) is 5.69 Å². The van der Waals surface area contributed by atoms with Gasteiger partial charge in [0.1, 0.15) is 0 Å². The highest BCUT2D eigenvalue weighted by atomic mass is 35.5. The van der Waals surface area contributed by atoms with Crippen molar-refractivity contribution in [3.05, 3.63) is 83.1 Å². The number of nitrogens with zero attached hydrogens (tertiary/aromatic N) is 2. The SMILES string of the molecule is O=C(NCC1(c2cccc(Cl)c2)CCOCC1)c1ccn(-c2ccccc2)n1. The standard InChI is InChI=1S/C22H22ClN3O2/c23-18-6-4-5-17(15-18)22(10-13-28-14-11-22)16-24-21(27)20-9-12-26(25-20)19-7-2-1-3-8-19/h1-9,12,15H,10-11,13-14,16H2,(H,24,27). The lowest BCUT2D eigenvalue weighted by Crippen LogP contribution is -2.44. The van der Waals surface area contributed by atoms with E-state index < -0.39 is 0 Å². The molecule has 0 unspecified atom stereocenters. The van der Waals surface area contributed by atoms with Gasteiger partial charge in [0.25, 0.3) is 5.91 Å². The second-order valence-electron chi connectivity index (χ2n) is 7.07. The molecule has 3 aromatic rings. The molecular formula is C22H22ClN3O2. The molecule has 6 heteroatoms. The minimum atomic E-state index is -0.180. The van der Waals surface area contributed by atoms with E-state index in [-0.39, 0.29) is 11.3 Å². The first-order chi connectivity index (χ1) is 13.7. The molecule has 1 saturated heterocycles. The fourth-order valence-corrected chi connectivity index (χ4v) is 3.85. The Balaban J connectivity index is 1.50. The van der Waals surface area contributed by atoms with E-state index in [1.807, 2.05) is 48.5 Å². The molecule has 1 aliphatic heterocycles. The van der Waals surface area contributed by atoms with Gasteiger partial charge in [-0.1, -0.05) is 41.9 Å². The smallest absolute Gasteiger partial charge is 0.271 e. The molecule has 0 saturated carbocycles. The van der Waals surface area contributed by atoms with Crippen molar-refractivity contribution in [1.29, 1.82) is 0 Å². The van der Waals surface area contributed by atoms with Crippen LogP contribution in [0.1, 0.15) is 28.9 Å². The minimum absolute atomic E-state index is 0.178. The molecule has 1 N–H and O–H groups in total. The molecule has 1 aromatic heterocycles. The first kappa shape index (κ1) is 18.7. The Morgan fingerprint density at radius 1 is 1.11 bits per heavy atom. The summed E-state index contributed by atoms with van der Waals surface area (Å²) in [6.45, 7) is 1.86. The van der Waals surface area contributed by atoms with Gasteiger partial charge in [0, 0.05) is 36.4 Å². The molecule has 5 nitrogen and oxygen atoms in total. The number of aromatic nitrogens is 2. The van der Waals surface area contributed by atoms with E-state index in [2.05, 4.69) is 16.5 Å². The molecule has 0 atom stereocenters. The second kappa shape index (κ2) is 8.17. The van der Waals surface area contributed by atoms with Gasteiger partial charge < -0.3 is 10.1 Å². The molecule has 1 fully saturated rings. The van der Waals surface area contributed by atoms with E-state index in [0.29, 0.717) is 30.5 Å². The van der Waals surface area contributed by atoms with Crippen molar-refractivity contribution in [3.8, 4) is 5.69 Å². The number of rotatable bonds is 5. The van der Waals surface area contributed by atoms with E-state index in [0.717, 1.165) is 24.1 Å². The zero-order chi connectivity index (χ0) is 19.4. The summed E-state index contributed by atoms with van der Waals surface area (Å²) in [4.78, 5) is 12.7. The van der Waals surface area contributed by atoms with Gasteiger partial charge in [-0.25, -0.2) is 4.68 Å². The normalized spacial score (nSPS) is 15.9. The molecule has 1 amide bonds. The maximum Gasteiger partial charge on any atom is 0.271 e. The lowest BCUT2D eigenvalue weighted by atomic mass is 9.74. The third kappa shape index (κ3) is 3.96. The fraction of sp³-hybridized carbons (Fsp3) is 0.273. The van der Waals surface area contributed by atoms with Gasteiger partial charge >= 0.3 is 0 Å². The van der Waals surface area contributed by atoms with Gasteiger partial charge in [0.05, 0.1) is 5.69 Å². The van der Waals surface area contributed by atoms with E-state index in [4.69, 9.17) is 16.3 Å². The average Bonchev–Trinajstić information content (AvgIpc) is 3.24. The van der Waals surface area contributed by atoms with Gasteiger partial charge in [0.15, 0.2) is 5.69 Å². The maximum absolute atomic E-state index is 12.7. The second-order valence-corrected chi connectivity index (χ2v) is 7.50. The van der Waals surface area contributed by atoms with Gasteiger partial charge in [-0.05, 0) is 48.7 Å². The van der Waals surface area contributed by atoms with Crippen molar-refractivity contribution >= 4 is 17.5 Å². The molecule has 0 radical (unpaired) electrons. The first-order valence-electron chi connectivity index (χ1n) is 9.39. The number of carbonyl (C=O) groups is 1. The number of ether oxygens (including phenoxy) is 1. The molecule has 4 rings (SSSR count). The monoisotopic (exact) mass is 395 g/mol. The molecule has 144 valence electrons. The van der Waals surface area contributed by atoms with Crippen molar-refractivity contribution in [2.24, 2.45) is 0 Å². The number of benzene rings is 2. The van der Waals surface area contributed by atoms with Crippen molar-refractivity contribution in [3.63, 3.8) is 0 Å². The number of nitrogens with one attached hydrogen (secondary N) is 1. The quantitative estimate of drug-likeness (QED) is 0.710. The molecule has 28 heavy (non-hydrogen) atoms. The largest absolute Gasteiger partial charge is 0.381 e. The highest BCUT2D eigenvalue weighted by Crippen LogP contribution is 2.35. The summed E-state index contributed by atoms with van der Waals surface area (Å²) in [7, 11) is 0. The van der Waals surface area contributed by atoms with E-state index in [1.165, 1.54) is 0 Å². The van der Waals surface area contributed by atoms with E-state index >= 15 is 0 Å². The summed E-state index contributed by atoms with van der Waals surface area (Å²) in [5.74, 6) is -0.178. The fourth-order valence-electron chi connectivity index (χ4n) is 3.66. The number of carbonyl (C=O) groups excluding carboxylic acids is 1. The minimum Gasteiger partial charge on any atom is -0.381 e. The van der Waals surface area contributed by atoms with Crippen LogP contribution in [0.3, 0.4) is 0 Å². The number of halogens is 1. The van der Waals surface area contributed by atoms with Crippen molar-refractivity contribution in [2.75, 3.05) is 19.8 Å². The number of hydrogen-bond acceptors (Lipinski definition) is 3. The van der Waals surface area contributed by atoms with Crippen molar-refractivity contribution in [1.82, 2.24) is 15.1 Å². The molecule has 0 bridgehead atoms. The van der Waals surface area contributed by atoms with Crippen LogP contribution in [0.2, 0.25) is 5.02 Å². The lowest BCUT2D eigenvalue weighted by molar-refractivity contribution is 0.0486. The predicted octanol–water partition coefficient (Wildman–Crippen LogP) is 4.00. The van der Waals surface area contributed by atoms with Gasteiger partial charge in [-0.15, -0.1) is 0 Å². The Bertz CT molecular complexity index is 949. The zero-order valence-corrected chi connectivity index (χ0v) is 16.2. The Morgan fingerprint density at radius 2 is 1.89 bits per heavy atom. The zero-order valence-electron chi connectivity index (χ0n) is 15.5. The molecule has 2 heterocycles. The van der Waals surface area contributed by atoms with Gasteiger partial charge in [-0.3, -0.25) is 4.79 Å². The summed E-state index contributed by atoms with van der Waals surface area (Å²) in [6, 6.07) is 19.4. The highest BCUT2D eigenvalue weighted by molar-refractivity contribution is 6.30. The maximum atomic E-state index is 12.7. The molecule has 2 aromatic carbocycles. The predicted molar refractivity (Wildman–Crippen MR) is 109 cm³/mol. The van der Waals surface area contributed by atoms with Crippen molar-refractivity contribution < 1.29 is 9.53 Å². The summed E-state index contributed by atoms with van der Waals surface area (Å²) in [6.07, 6.45) is 3.48. The van der Waals surface area contributed by atoms with Crippen LogP contribution in [-0.4, -0.2) is 35.4 Å². The third-order valence-electron chi connectivity index (χ3n) is 5.32. The summed E-state index contributed by atoms with van der Waals surface area (Å²) < 4.78 is 7.26. The number of hydrogen-bond donors (Lipinski definition) is 1. The number of para-hydroxylation sites is 1. The van der Waals surface area contributed by atoms with Crippen molar-refractivity contribution in [2.45, 2.75) is 18.3 Å². The first-order valence-corrected chi connectivity index (χ1v) is 9.77. The van der Waals surface area contributed by atoms with Crippen LogP contribution in [0.5, 0.6) is 0 Å².